The molecule has 0 saturated heterocycles. The molecule has 0 saturated carbocycles. The quantitative estimate of drug-likeness (QED) is 0.503. The Morgan fingerprint density at radius 2 is 1.80 bits per heavy atom. The van der Waals surface area contributed by atoms with E-state index in [0.717, 1.165) is 24.0 Å². The number of hydrogen-bond acceptors (Lipinski definition) is 4. The molecule has 2 aromatic carbocycles. The SMILES string of the molecule is CCC=Cc1nc(C(=O)CCC)nn1Cc1ccc(-c2ccccc2C(=O)O)cc1. The number of carbonyl (C=O) groups excluding carboxylic acids is 1. The minimum atomic E-state index is -0.950. The average molecular weight is 403 g/mol. The van der Waals surface area contributed by atoms with Crippen molar-refractivity contribution in [1.82, 2.24) is 14.8 Å². The Kier molecular flexibility index (Phi) is 6.91. The van der Waals surface area contributed by atoms with Crippen LogP contribution in [0.15, 0.2) is 54.6 Å². The zero-order chi connectivity index (χ0) is 21.5. The van der Waals surface area contributed by atoms with Gasteiger partial charge in [-0.2, -0.15) is 0 Å². The second-order valence-electron chi connectivity index (χ2n) is 6.98. The largest absolute Gasteiger partial charge is 0.478 e. The molecule has 1 heterocycles. The van der Waals surface area contributed by atoms with E-state index in [-0.39, 0.29) is 17.2 Å². The second-order valence-corrected chi connectivity index (χ2v) is 6.98. The lowest BCUT2D eigenvalue weighted by Crippen LogP contribution is -2.06. The number of hydrogen-bond donors (Lipinski definition) is 1. The molecule has 0 spiro atoms. The molecule has 3 aromatic rings. The number of carboxylic acids is 1. The number of ketones is 1. The Morgan fingerprint density at radius 1 is 1.07 bits per heavy atom. The first kappa shape index (κ1) is 21.2. The van der Waals surface area contributed by atoms with E-state index in [9.17, 15) is 14.7 Å². The first-order valence-corrected chi connectivity index (χ1v) is 10.1. The maximum Gasteiger partial charge on any atom is 0.336 e. The third-order valence-corrected chi connectivity index (χ3v) is 4.68. The number of carbonyl (C=O) groups is 2. The average Bonchev–Trinajstić information content (AvgIpc) is 3.15. The molecule has 0 amide bonds. The number of allylic oxidation sites excluding steroid dienone is 1. The highest BCUT2D eigenvalue weighted by Gasteiger charge is 2.15. The van der Waals surface area contributed by atoms with Gasteiger partial charge in [0.2, 0.25) is 11.6 Å². The fourth-order valence-electron chi connectivity index (χ4n) is 3.16. The number of Topliss-reactive ketones (excluding diaryl/α,β-unsaturated/α-hetero) is 1. The van der Waals surface area contributed by atoms with Gasteiger partial charge in [-0.05, 0) is 41.7 Å². The van der Waals surface area contributed by atoms with Crippen molar-refractivity contribution in [3.05, 3.63) is 77.4 Å². The first-order chi connectivity index (χ1) is 14.5. The molecule has 0 aliphatic carbocycles. The van der Waals surface area contributed by atoms with E-state index in [1.54, 1.807) is 22.9 Å². The molecule has 1 N–H and O–H groups in total. The fourth-order valence-corrected chi connectivity index (χ4v) is 3.16. The minimum absolute atomic E-state index is 0.0528. The number of aromatic nitrogens is 3. The summed E-state index contributed by atoms with van der Waals surface area (Å²) in [5.74, 6) is -0.104. The van der Waals surface area contributed by atoms with Gasteiger partial charge in [-0.25, -0.2) is 14.5 Å². The van der Waals surface area contributed by atoms with Crippen LogP contribution in [0.5, 0.6) is 0 Å². The van der Waals surface area contributed by atoms with Crippen molar-refractivity contribution in [3.8, 4) is 11.1 Å². The zero-order valence-corrected chi connectivity index (χ0v) is 17.2. The molecule has 0 atom stereocenters. The van der Waals surface area contributed by atoms with Crippen LogP contribution < -0.4 is 0 Å². The highest BCUT2D eigenvalue weighted by atomic mass is 16.4. The van der Waals surface area contributed by atoms with Crippen LogP contribution in [0.2, 0.25) is 0 Å². The summed E-state index contributed by atoms with van der Waals surface area (Å²) < 4.78 is 1.73. The summed E-state index contributed by atoms with van der Waals surface area (Å²) in [4.78, 5) is 28.1. The smallest absolute Gasteiger partial charge is 0.336 e. The number of nitrogens with zero attached hydrogens (tertiary/aromatic N) is 3. The molecule has 0 aliphatic rings. The van der Waals surface area contributed by atoms with E-state index >= 15 is 0 Å². The second kappa shape index (κ2) is 9.78. The molecule has 0 fully saturated rings. The summed E-state index contributed by atoms with van der Waals surface area (Å²) in [5.41, 5.74) is 2.77. The predicted octanol–water partition coefficient (Wildman–Crippen LogP) is 5.10. The van der Waals surface area contributed by atoms with Crippen LogP contribution in [0.25, 0.3) is 17.2 Å². The van der Waals surface area contributed by atoms with Gasteiger partial charge in [0.15, 0.2) is 5.82 Å². The predicted molar refractivity (Wildman–Crippen MR) is 117 cm³/mol. The molecule has 1 aromatic heterocycles. The van der Waals surface area contributed by atoms with Gasteiger partial charge in [-0.15, -0.1) is 5.10 Å². The first-order valence-electron chi connectivity index (χ1n) is 10.1. The van der Waals surface area contributed by atoms with Crippen LogP contribution in [0.1, 0.15) is 65.5 Å². The normalized spacial score (nSPS) is 11.1. The summed E-state index contributed by atoms with van der Waals surface area (Å²) in [6, 6.07) is 14.6. The van der Waals surface area contributed by atoms with Crippen molar-refractivity contribution >= 4 is 17.8 Å². The van der Waals surface area contributed by atoms with Gasteiger partial charge in [0.1, 0.15) is 0 Å². The van der Waals surface area contributed by atoms with Crippen molar-refractivity contribution in [1.29, 1.82) is 0 Å². The lowest BCUT2D eigenvalue weighted by atomic mass is 9.99. The lowest BCUT2D eigenvalue weighted by molar-refractivity contribution is 0.0697. The molecular weight excluding hydrogens is 378 g/mol. The topological polar surface area (TPSA) is 85.1 Å². The van der Waals surface area contributed by atoms with Crippen LogP contribution >= 0.6 is 0 Å². The molecule has 6 nitrogen and oxygen atoms in total. The molecule has 0 unspecified atom stereocenters. The molecule has 0 aliphatic heterocycles. The van der Waals surface area contributed by atoms with E-state index in [0.29, 0.717) is 24.4 Å². The van der Waals surface area contributed by atoms with Gasteiger partial charge in [0, 0.05) is 6.42 Å². The Morgan fingerprint density at radius 3 is 2.47 bits per heavy atom. The highest BCUT2D eigenvalue weighted by molar-refractivity contribution is 5.96. The Hall–Kier alpha value is -3.54. The maximum absolute atomic E-state index is 12.2. The van der Waals surface area contributed by atoms with Gasteiger partial charge in [-0.1, -0.05) is 62.4 Å². The Bertz CT molecular complexity index is 1070. The van der Waals surface area contributed by atoms with Crippen LogP contribution in [0, 0.1) is 0 Å². The molecule has 3 rings (SSSR count). The fraction of sp³-hybridized carbons (Fsp3) is 0.250. The van der Waals surface area contributed by atoms with Crippen LogP contribution in [-0.4, -0.2) is 31.6 Å². The number of carboxylic acid groups (broad SMARTS) is 1. The molecule has 154 valence electrons. The molecule has 0 bridgehead atoms. The Labute approximate surface area is 175 Å². The van der Waals surface area contributed by atoms with E-state index in [2.05, 4.69) is 10.1 Å². The summed E-state index contributed by atoms with van der Waals surface area (Å²) in [6.07, 6.45) is 5.92. The van der Waals surface area contributed by atoms with E-state index in [1.165, 1.54) is 0 Å². The molecule has 30 heavy (non-hydrogen) atoms. The maximum atomic E-state index is 12.2. The van der Waals surface area contributed by atoms with Crippen molar-refractivity contribution in [3.63, 3.8) is 0 Å². The van der Waals surface area contributed by atoms with Crippen molar-refractivity contribution in [2.24, 2.45) is 0 Å². The van der Waals surface area contributed by atoms with Gasteiger partial charge in [0.05, 0.1) is 12.1 Å². The van der Waals surface area contributed by atoms with Crippen molar-refractivity contribution in [2.45, 2.75) is 39.7 Å². The van der Waals surface area contributed by atoms with E-state index in [4.69, 9.17) is 0 Å². The molecular formula is C24H25N3O3. The van der Waals surface area contributed by atoms with Crippen LogP contribution in [-0.2, 0) is 6.54 Å². The van der Waals surface area contributed by atoms with Gasteiger partial charge < -0.3 is 5.11 Å². The Balaban J connectivity index is 1.87. The third-order valence-electron chi connectivity index (χ3n) is 4.68. The lowest BCUT2D eigenvalue weighted by Gasteiger charge is -2.08. The van der Waals surface area contributed by atoms with Crippen LogP contribution in [0.4, 0.5) is 0 Å². The molecule has 6 heteroatoms. The monoisotopic (exact) mass is 403 g/mol. The number of benzene rings is 2. The van der Waals surface area contributed by atoms with Gasteiger partial charge in [-0.3, -0.25) is 4.79 Å². The van der Waals surface area contributed by atoms with Crippen LogP contribution in [0.3, 0.4) is 0 Å². The molecule has 0 radical (unpaired) electrons. The summed E-state index contributed by atoms with van der Waals surface area (Å²) in [7, 11) is 0. The van der Waals surface area contributed by atoms with Gasteiger partial charge in [0.25, 0.3) is 0 Å². The highest BCUT2D eigenvalue weighted by Crippen LogP contribution is 2.24. The van der Waals surface area contributed by atoms with Gasteiger partial charge >= 0.3 is 5.97 Å². The standard InChI is InChI=1S/C24H25N3O3/c1-3-5-11-22-25-23(21(28)8-4-2)26-27(22)16-17-12-14-18(15-13-17)19-9-6-7-10-20(19)24(29)30/h5-7,9-15H,3-4,8,16H2,1-2H3,(H,29,30). The van der Waals surface area contributed by atoms with Crippen molar-refractivity contribution < 1.29 is 14.7 Å². The number of rotatable bonds is 9. The van der Waals surface area contributed by atoms with Crippen molar-refractivity contribution in [2.75, 3.05) is 0 Å². The van der Waals surface area contributed by atoms with E-state index in [1.807, 2.05) is 56.3 Å². The number of aromatic carboxylic acids is 1. The minimum Gasteiger partial charge on any atom is -0.478 e. The summed E-state index contributed by atoms with van der Waals surface area (Å²) in [5, 5.41) is 13.8. The zero-order valence-electron chi connectivity index (χ0n) is 17.2. The third kappa shape index (κ3) is 4.89. The van der Waals surface area contributed by atoms with E-state index < -0.39 is 5.97 Å². The summed E-state index contributed by atoms with van der Waals surface area (Å²) in [6.45, 7) is 4.46. The summed E-state index contributed by atoms with van der Waals surface area (Å²) >= 11 is 0.